The average Bonchev–Trinajstić information content (AvgIpc) is 3.29. The number of thioether (sulfide) groups is 1. The highest BCUT2D eigenvalue weighted by Crippen LogP contribution is 2.39. The smallest absolute Gasteiger partial charge is 0.233 e. The van der Waals surface area contributed by atoms with Crippen molar-refractivity contribution in [3.05, 3.63) is 65.3 Å². The van der Waals surface area contributed by atoms with Gasteiger partial charge in [-0.05, 0) is 43.5 Å². The average molecular weight is 494 g/mol. The highest BCUT2D eigenvalue weighted by molar-refractivity contribution is 8.00. The highest BCUT2D eigenvalue weighted by Gasteiger charge is 2.19. The Balaban J connectivity index is 1.43. The zero-order valence-electron chi connectivity index (χ0n) is 19.6. The molecule has 0 aliphatic carbocycles. The van der Waals surface area contributed by atoms with E-state index in [1.807, 2.05) is 25.1 Å². The molecule has 2 aromatic carbocycles. The number of carbonyl (C=O) groups excluding carboxylic acids is 1. The number of fused-ring (bicyclic) bond motifs is 1. The van der Waals surface area contributed by atoms with Crippen LogP contribution in [-0.2, 0) is 11.2 Å². The van der Waals surface area contributed by atoms with Crippen LogP contribution in [0.3, 0.4) is 0 Å². The van der Waals surface area contributed by atoms with Gasteiger partial charge in [-0.2, -0.15) is 0 Å². The van der Waals surface area contributed by atoms with Gasteiger partial charge in [-0.3, -0.25) is 4.79 Å². The molecule has 4 aromatic rings. The number of hydrogen-bond acceptors (Lipinski definition) is 7. The maximum atomic E-state index is 12.8. The number of carbonyl (C=O) groups is 1. The fraction of sp³-hybridized carbons (Fsp3) is 0.269. The van der Waals surface area contributed by atoms with Crippen molar-refractivity contribution in [1.29, 1.82) is 0 Å². The first kappa shape index (κ1) is 24.0. The summed E-state index contributed by atoms with van der Waals surface area (Å²) in [5.74, 6) is 1.35. The molecule has 0 saturated carbocycles. The van der Waals surface area contributed by atoms with Crippen molar-refractivity contribution in [3.8, 4) is 22.6 Å². The number of aryl methyl sites for hydroxylation is 1. The van der Waals surface area contributed by atoms with Crippen LogP contribution in [0, 0.1) is 6.92 Å². The van der Waals surface area contributed by atoms with Gasteiger partial charge >= 0.3 is 0 Å². The van der Waals surface area contributed by atoms with Gasteiger partial charge in [-0.1, -0.05) is 47.7 Å². The molecule has 8 heteroatoms. The second-order valence-electron chi connectivity index (χ2n) is 7.86. The molecule has 2 heterocycles. The lowest BCUT2D eigenvalue weighted by Crippen LogP contribution is -2.32. The fourth-order valence-corrected chi connectivity index (χ4v) is 5.55. The molecule has 0 saturated heterocycles. The minimum Gasteiger partial charge on any atom is -0.493 e. The Hall–Kier alpha value is -3.10. The number of hydrogen-bond donors (Lipinski definition) is 1. The van der Waals surface area contributed by atoms with Crippen LogP contribution < -0.4 is 14.8 Å². The van der Waals surface area contributed by atoms with Crippen molar-refractivity contribution >= 4 is 39.2 Å². The Labute approximate surface area is 207 Å². The van der Waals surface area contributed by atoms with Crippen molar-refractivity contribution in [2.24, 2.45) is 0 Å². The predicted octanol–water partition coefficient (Wildman–Crippen LogP) is 5.52. The molecule has 6 nitrogen and oxygen atoms in total. The van der Waals surface area contributed by atoms with Crippen LogP contribution in [-0.4, -0.2) is 41.9 Å². The standard InChI is InChI=1S/C26H27N3O3S2/c1-16-5-8-19(9-6-16)20-14-33-25-23(20)26(29-15-28-25)34-17(2)24(30)27-12-11-18-7-10-21(31-3)22(13-18)32-4/h5-10,13-15,17H,11-12H2,1-4H3,(H,27,30). The van der Waals surface area contributed by atoms with Crippen molar-refractivity contribution < 1.29 is 14.3 Å². The molecule has 34 heavy (non-hydrogen) atoms. The van der Waals surface area contributed by atoms with Crippen molar-refractivity contribution in [3.63, 3.8) is 0 Å². The predicted molar refractivity (Wildman–Crippen MR) is 139 cm³/mol. The molecule has 0 fully saturated rings. The third-order valence-electron chi connectivity index (χ3n) is 5.52. The number of methoxy groups -OCH3 is 2. The monoisotopic (exact) mass is 493 g/mol. The van der Waals surface area contributed by atoms with Crippen LogP contribution in [0.4, 0.5) is 0 Å². The summed E-state index contributed by atoms with van der Waals surface area (Å²) in [4.78, 5) is 22.7. The summed E-state index contributed by atoms with van der Waals surface area (Å²) in [5, 5.41) is 6.68. The maximum absolute atomic E-state index is 12.8. The van der Waals surface area contributed by atoms with Gasteiger partial charge in [0.2, 0.25) is 5.91 Å². The number of rotatable bonds is 9. The molecular formula is C26H27N3O3S2. The molecule has 1 N–H and O–H groups in total. The molecule has 0 aliphatic rings. The zero-order chi connectivity index (χ0) is 24.1. The minimum absolute atomic E-state index is 0.0237. The third-order valence-corrected chi connectivity index (χ3v) is 7.50. The van der Waals surface area contributed by atoms with Gasteiger partial charge < -0.3 is 14.8 Å². The van der Waals surface area contributed by atoms with E-state index >= 15 is 0 Å². The van der Waals surface area contributed by atoms with E-state index in [4.69, 9.17) is 9.47 Å². The fourth-order valence-electron chi connectivity index (χ4n) is 3.61. The van der Waals surface area contributed by atoms with E-state index in [0.717, 1.165) is 31.9 Å². The van der Waals surface area contributed by atoms with E-state index < -0.39 is 0 Å². The summed E-state index contributed by atoms with van der Waals surface area (Å²) >= 11 is 3.06. The Kier molecular flexibility index (Phi) is 7.70. The Morgan fingerprint density at radius 1 is 1.09 bits per heavy atom. The summed E-state index contributed by atoms with van der Waals surface area (Å²) in [5.41, 5.74) is 4.51. The van der Waals surface area contributed by atoms with Crippen molar-refractivity contribution in [2.75, 3.05) is 20.8 Å². The summed E-state index contributed by atoms with van der Waals surface area (Å²) in [6.45, 7) is 4.51. The number of nitrogens with zero attached hydrogens (tertiary/aromatic N) is 2. The highest BCUT2D eigenvalue weighted by atomic mass is 32.2. The molecule has 1 amide bonds. The van der Waals surface area contributed by atoms with Crippen LogP contribution in [0.5, 0.6) is 11.5 Å². The molecule has 4 rings (SSSR count). The van der Waals surface area contributed by atoms with Gasteiger partial charge in [-0.15, -0.1) is 11.3 Å². The first-order valence-corrected chi connectivity index (χ1v) is 12.7. The zero-order valence-corrected chi connectivity index (χ0v) is 21.3. The molecule has 0 spiro atoms. The Bertz CT molecular complexity index is 1290. The lowest BCUT2D eigenvalue weighted by molar-refractivity contribution is -0.120. The van der Waals surface area contributed by atoms with Gasteiger partial charge in [-0.25, -0.2) is 9.97 Å². The number of amides is 1. The van der Waals surface area contributed by atoms with Crippen LogP contribution >= 0.6 is 23.1 Å². The van der Waals surface area contributed by atoms with Crippen LogP contribution in [0.15, 0.2) is 59.2 Å². The summed E-state index contributed by atoms with van der Waals surface area (Å²) in [7, 11) is 3.23. The maximum Gasteiger partial charge on any atom is 0.233 e. The van der Waals surface area contributed by atoms with E-state index in [0.29, 0.717) is 24.5 Å². The van der Waals surface area contributed by atoms with Crippen molar-refractivity contribution in [1.82, 2.24) is 15.3 Å². The molecule has 2 aromatic heterocycles. The second-order valence-corrected chi connectivity index (χ2v) is 10.1. The lowest BCUT2D eigenvalue weighted by Gasteiger charge is -2.13. The summed E-state index contributed by atoms with van der Waals surface area (Å²) in [6.07, 6.45) is 2.27. The van der Waals surface area contributed by atoms with E-state index in [-0.39, 0.29) is 11.2 Å². The summed E-state index contributed by atoms with van der Waals surface area (Å²) in [6, 6.07) is 14.2. The number of aromatic nitrogens is 2. The lowest BCUT2D eigenvalue weighted by atomic mass is 10.1. The quantitative estimate of drug-likeness (QED) is 0.244. The Morgan fingerprint density at radius 3 is 2.59 bits per heavy atom. The van der Waals surface area contributed by atoms with Crippen LogP contribution in [0.1, 0.15) is 18.1 Å². The van der Waals surface area contributed by atoms with Crippen LogP contribution in [0.2, 0.25) is 0 Å². The minimum atomic E-state index is -0.297. The first-order valence-electron chi connectivity index (χ1n) is 10.9. The first-order chi connectivity index (χ1) is 16.5. The number of thiophene rings is 1. The topological polar surface area (TPSA) is 73.3 Å². The van der Waals surface area contributed by atoms with Gasteiger partial charge in [0, 0.05) is 17.5 Å². The van der Waals surface area contributed by atoms with Gasteiger partial charge in [0.05, 0.1) is 24.9 Å². The summed E-state index contributed by atoms with van der Waals surface area (Å²) < 4.78 is 10.6. The SMILES string of the molecule is COc1ccc(CCNC(=O)C(C)Sc2ncnc3scc(-c4ccc(C)cc4)c23)cc1OC. The van der Waals surface area contributed by atoms with Gasteiger partial charge in [0.15, 0.2) is 11.5 Å². The second kappa shape index (κ2) is 10.9. The largest absolute Gasteiger partial charge is 0.493 e. The van der Waals surface area contributed by atoms with E-state index in [1.165, 1.54) is 17.3 Å². The molecule has 1 unspecified atom stereocenters. The molecule has 0 aliphatic heterocycles. The van der Waals surface area contributed by atoms with Gasteiger partial charge in [0.25, 0.3) is 0 Å². The molecule has 176 valence electrons. The molecule has 0 bridgehead atoms. The third kappa shape index (κ3) is 5.34. The Morgan fingerprint density at radius 2 is 1.85 bits per heavy atom. The van der Waals surface area contributed by atoms with Crippen molar-refractivity contribution in [2.45, 2.75) is 30.5 Å². The normalized spacial score (nSPS) is 11.9. The molecule has 1 atom stereocenters. The number of ether oxygens (including phenoxy) is 2. The van der Waals surface area contributed by atoms with E-state index in [2.05, 4.69) is 51.9 Å². The van der Waals surface area contributed by atoms with E-state index in [9.17, 15) is 4.79 Å². The van der Waals surface area contributed by atoms with E-state index in [1.54, 1.807) is 31.9 Å². The molecular weight excluding hydrogens is 466 g/mol. The van der Waals surface area contributed by atoms with Crippen LogP contribution in [0.25, 0.3) is 21.3 Å². The number of benzene rings is 2. The number of nitrogens with one attached hydrogen (secondary N) is 1. The molecule has 0 radical (unpaired) electrons. The van der Waals surface area contributed by atoms with Gasteiger partial charge in [0.1, 0.15) is 16.2 Å².